The van der Waals surface area contributed by atoms with Gasteiger partial charge in [-0.25, -0.2) is 0 Å². The van der Waals surface area contributed by atoms with Gasteiger partial charge in [0, 0.05) is 12.3 Å². The molecule has 2 rings (SSSR count). The molecule has 4 nitrogen and oxygen atoms in total. The second kappa shape index (κ2) is 7.34. The van der Waals surface area contributed by atoms with Crippen molar-refractivity contribution in [1.82, 2.24) is 0 Å². The fraction of sp³-hybridized carbons (Fsp3) is 0.650. The van der Waals surface area contributed by atoms with Gasteiger partial charge in [0.05, 0.1) is 5.60 Å². The van der Waals surface area contributed by atoms with Gasteiger partial charge in [0.15, 0.2) is 5.79 Å². The van der Waals surface area contributed by atoms with E-state index in [1.165, 1.54) is 13.8 Å². The first-order chi connectivity index (χ1) is 11.1. The van der Waals surface area contributed by atoms with Gasteiger partial charge in [0.25, 0.3) is 0 Å². The zero-order valence-corrected chi connectivity index (χ0v) is 15.0. The maximum absolute atomic E-state index is 11.5. The minimum absolute atomic E-state index is 0.0725. The van der Waals surface area contributed by atoms with Crippen molar-refractivity contribution in [3.05, 3.63) is 34.9 Å². The van der Waals surface area contributed by atoms with Crippen LogP contribution in [0.25, 0.3) is 0 Å². The predicted molar refractivity (Wildman–Crippen MR) is 93.8 cm³/mol. The molecule has 0 bridgehead atoms. The predicted octanol–water partition coefficient (Wildman–Crippen LogP) is 3.00. The van der Waals surface area contributed by atoms with Crippen molar-refractivity contribution in [2.45, 2.75) is 83.0 Å². The second-order valence-electron chi connectivity index (χ2n) is 7.67. The third kappa shape index (κ3) is 4.88. The molecule has 0 aromatic heterocycles. The van der Waals surface area contributed by atoms with Crippen molar-refractivity contribution in [3.63, 3.8) is 0 Å². The highest BCUT2D eigenvalue weighted by molar-refractivity contribution is 5.76. The van der Waals surface area contributed by atoms with Crippen LogP contribution in [0.1, 0.15) is 75.0 Å². The van der Waals surface area contributed by atoms with E-state index < -0.39 is 17.3 Å². The first-order valence-electron chi connectivity index (χ1n) is 8.87. The molecule has 1 aromatic rings. The molecule has 1 unspecified atom stereocenters. The Labute approximate surface area is 144 Å². The zero-order valence-electron chi connectivity index (χ0n) is 15.0. The van der Waals surface area contributed by atoms with E-state index in [4.69, 9.17) is 0 Å². The molecule has 0 radical (unpaired) electrons. The lowest BCUT2D eigenvalue weighted by Crippen LogP contribution is -2.33. The van der Waals surface area contributed by atoms with Crippen LogP contribution in [-0.2, 0) is 11.2 Å². The van der Waals surface area contributed by atoms with Crippen LogP contribution in [0.15, 0.2) is 18.2 Å². The molecular formula is C20H30O4. The minimum Gasteiger partial charge on any atom is -0.390 e. The van der Waals surface area contributed by atoms with Gasteiger partial charge in [0.2, 0.25) is 0 Å². The van der Waals surface area contributed by atoms with Gasteiger partial charge in [-0.1, -0.05) is 31.0 Å². The van der Waals surface area contributed by atoms with E-state index in [1.54, 1.807) is 0 Å². The third-order valence-electron chi connectivity index (χ3n) is 5.32. The van der Waals surface area contributed by atoms with Gasteiger partial charge in [-0.05, 0) is 63.1 Å². The number of carbonyl (C=O) groups is 1. The maximum Gasteiger partial charge on any atom is 0.167 e. The Hall–Kier alpha value is -1.23. The summed E-state index contributed by atoms with van der Waals surface area (Å²) in [4.78, 5) is 11.5. The van der Waals surface area contributed by atoms with Crippen molar-refractivity contribution in [1.29, 1.82) is 0 Å². The highest BCUT2D eigenvalue weighted by Gasteiger charge is 2.33. The van der Waals surface area contributed by atoms with Crippen LogP contribution in [0.3, 0.4) is 0 Å². The number of aliphatic hydroxyl groups is 3. The van der Waals surface area contributed by atoms with Crippen LogP contribution in [0.4, 0.5) is 0 Å². The fourth-order valence-corrected chi connectivity index (χ4v) is 3.74. The fourth-order valence-electron chi connectivity index (χ4n) is 3.74. The van der Waals surface area contributed by atoms with Crippen molar-refractivity contribution >= 4 is 5.78 Å². The quantitative estimate of drug-likeness (QED) is 0.670. The molecule has 1 fully saturated rings. The average molecular weight is 334 g/mol. The topological polar surface area (TPSA) is 77.8 Å². The van der Waals surface area contributed by atoms with E-state index in [9.17, 15) is 20.1 Å². The number of ketones is 1. The summed E-state index contributed by atoms with van der Waals surface area (Å²) in [6, 6.07) is 5.79. The Morgan fingerprint density at radius 2 is 1.92 bits per heavy atom. The summed E-state index contributed by atoms with van der Waals surface area (Å²) in [5.41, 5.74) is 2.44. The van der Waals surface area contributed by atoms with Crippen LogP contribution >= 0.6 is 0 Å². The van der Waals surface area contributed by atoms with Gasteiger partial charge in [-0.3, -0.25) is 0 Å². The highest BCUT2D eigenvalue weighted by atomic mass is 16.5. The van der Waals surface area contributed by atoms with Gasteiger partial charge in [-0.2, -0.15) is 0 Å². The molecule has 0 spiro atoms. The zero-order chi connectivity index (χ0) is 18.0. The molecule has 0 aliphatic heterocycles. The lowest BCUT2D eigenvalue weighted by Gasteiger charge is -2.28. The van der Waals surface area contributed by atoms with E-state index in [2.05, 4.69) is 0 Å². The smallest absolute Gasteiger partial charge is 0.167 e. The Bertz CT molecular complexity index is 580. The Balaban J connectivity index is 2.21. The number of rotatable bonds is 7. The van der Waals surface area contributed by atoms with Gasteiger partial charge >= 0.3 is 0 Å². The summed E-state index contributed by atoms with van der Waals surface area (Å²) in [7, 11) is 0. The molecule has 0 saturated heterocycles. The van der Waals surface area contributed by atoms with Gasteiger partial charge in [-0.15, -0.1) is 0 Å². The summed E-state index contributed by atoms with van der Waals surface area (Å²) in [5, 5.41) is 30.6. The normalized spacial score (nSPS) is 18.6. The third-order valence-corrected chi connectivity index (χ3v) is 5.32. The summed E-state index contributed by atoms with van der Waals surface area (Å²) < 4.78 is 0. The SMILES string of the molecule is CC(=O)CC(c1ccc(C)c(CCC2(O)CCCC2)c1)C(C)(O)O. The number of benzene rings is 1. The van der Waals surface area contributed by atoms with E-state index in [1.807, 2.05) is 25.1 Å². The highest BCUT2D eigenvalue weighted by Crippen LogP contribution is 2.35. The first kappa shape index (κ1) is 19.1. The molecular weight excluding hydrogens is 304 g/mol. The van der Waals surface area contributed by atoms with Crippen LogP contribution in [-0.4, -0.2) is 32.5 Å². The lowest BCUT2D eigenvalue weighted by molar-refractivity contribution is -0.167. The molecule has 4 heteroatoms. The minimum atomic E-state index is -1.94. The molecule has 1 aromatic carbocycles. The van der Waals surface area contributed by atoms with Crippen molar-refractivity contribution in [2.75, 3.05) is 0 Å². The molecule has 1 aliphatic rings. The number of Topliss-reactive ketones (excluding diaryl/α,β-unsaturated/α-hetero) is 1. The Morgan fingerprint density at radius 1 is 1.29 bits per heavy atom. The summed E-state index contributed by atoms with van der Waals surface area (Å²) >= 11 is 0. The van der Waals surface area contributed by atoms with Crippen molar-refractivity contribution in [3.8, 4) is 0 Å². The summed E-state index contributed by atoms with van der Waals surface area (Å²) in [6.07, 6.45) is 5.48. The Kier molecular flexibility index (Phi) is 5.84. The van der Waals surface area contributed by atoms with Crippen molar-refractivity contribution in [2.24, 2.45) is 0 Å². The van der Waals surface area contributed by atoms with Crippen LogP contribution in [0.2, 0.25) is 0 Å². The van der Waals surface area contributed by atoms with Crippen LogP contribution in [0, 0.1) is 6.92 Å². The van der Waals surface area contributed by atoms with E-state index in [0.29, 0.717) is 0 Å². The Morgan fingerprint density at radius 3 is 2.46 bits per heavy atom. The average Bonchev–Trinajstić information content (AvgIpc) is 2.90. The maximum atomic E-state index is 11.5. The lowest BCUT2D eigenvalue weighted by atomic mass is 9.84. The second-order valence-corrected chi connectivity index (χ2v) is 7.67. The number of carbonyl (C=O) groups excluding carboxylic acids is 1. The molecule has 3 N–H and O–H groups in total. The van der Waals surface area contributed by atoms with E-state index in [-0.39, 0.29) is 12.2 Å². The van der Waals surface area contributed by atoms with E-state index >= 15 is 0 Å². The number of aryl methyl sites for hydroxylation is 2. The monoisotopic (exact) mass is 334 g/mol. The van der Waals surface area contributed by atoms with E-state index in [0.717, 1.165) is 55.2 Å². The standard InChI is InChI=1S/C20H30O4/c1-14-6-7-17(18(12-15(2)21)19(3,22)23)13-16(14)8-11-20(24)9-4-5-10-20/h6-7,13,18,22-24H,4-5,8-12H2,1-3H3. The molecule has 134 valence electrons. The number of hydrogen-bond donors (Lipinski definition) is 3. The molecule has 0 heterocycles. The molecule has 24 heavy (non-hydrogen) atoms. The molecule has 1 aliphatic carbocycles. The molecule has 1 saturated carbocycles. The number of hydrogen-bond acceptors (Lipinski definition) is 4. The summed E-state index contributed by atoms with van der Waals surface area (Å²) in [6.45, 7) is 4.81. The van der Waals surface area contributed by atoms with Gasteiger partial charge in [0.1, 0.15) is 5.78 Å². The molecule has 1 atom stereocenters. The largest absolute Gasteiger partial charge is 0.390 e. The van der Waals surface area contributed by atoms with Crippen LogP contribution in [0.5, 0.6) is 0 Å². The van der Waals surface area contributed by atoms with Gasteiger partial charge < -0.3 is 20.1 Å². The molecule has 0 amide bonds. The van der Waals surface area contributed by atoms with Crippen molar-refractivity contribution < 1.29 is 20.1 Å². The summed E-state index contributed by atoms with van der Waals surface area (Å²) in [5.74, 6) is -2.66. The first-order valence-corrected chi connectivity index (χ1v) is 8.87. The van der Waals surface area contributed by atoms with Crippen LogP contribution < -0.4 is 0 Å².